The van der Waals surface area contributed by atoms with Crippen molar-refractivity contribution < 1.29 is 14.3 Å². The van der Waals surface area contributed by atoms with Crippen LogP contribution in [0.5, 0.6) is 5.75 Å². The second-order valence-corrected chi connectivity index (χ2v) is 9.55. The number of nitrogens with zero attached hydrogens (tertiary/aromatic N) is 2. The van der Waals surface area contributed by atoms with E-state index in [1.165, 1.54) is 0 Å². The number of carbonyl (C=O) groups excluding carboxylic acids is 2. The third-order valence-electron chi connectivity index (χ3n) is 7.05. The third kappa shape index (κ3) is 3.54. The van der Waals surface area contributed by atoms with Crippen molar-refractivity contribution >= 4 is 28.8 Å². The number of amides is 1. The van der Waals surface area contributed by atoms with Crippen molar-refractivity contribution in [2.75, 3.05) is 20.1 Å². The van der Waals surface area contributed by atoms with Crippen LogP contribution in [0.25, 0.3) is 10.9 Å². The molecule has 0 atom stereocenters. The molecule has 0 spiro atoms. The Morgan fingerprint density at radius 2 is 1.94 bits per heavy atom. The van der Waals surface area contributed by atoms with Crippen LogP contribution in [0.1, 0.15) is 66.4 Å². The van der Waals surface area contributed by atoms with Gasteiger partial charge in [0.15, 0.2) is 5.78 Å². The number of ketones is 1. The highest BCUT2D eigenvalue weighted by Crippen LogP contribution is 2.44. The number of fused-ring (bicyclic) bond motifs is 4. The van der Waals surface area contributed by atoms with Crippen LogP contribution in [-0.4, -0.2) is 54.0 Å². The molecule has 5 rings (SSSR count). The lowest BCUT2D eigenvalue weighted by molar-refractivity contribution is -0.130. The fourth-order valence-electron chi connectivity index (χ4n) is 5.21. The first-order chi connectivity index (χ1) is 15.8. The number of hydrogen-bond acceptors (Lipinski definition) is 4. The van der Waals surface area contributed by atoms with Gasteiger partial charge in [0.1, 0.15) is 11.9 Å². The number of aliphatic imine (C=N–C) groups is 1. The summed E-state index contributed by atoms with van der Waals surface area (Å²) in [5.41, 5.74) is 4.96. The van der Waals surface area contributed by atoms with Crippen LogP contribution in [0.2, 0.25) is 0 Å². The lowest BCUT2D eigenvalue weighted by Gasteiger charge is -2.34. The van der Waals surface area contributed by atoms with Gasteiger partial charge < -0.3 is 14.6 Å². The Balaban J connectivity index is 1.48. The zero-order valence-electron chi connectivity index (χ0n) is 19.6. The molecule has 1 amide bonds. The van der Waals surface area contributed by atoms with E-state index in [0.717, 1.165) is 70.5 Å². The molecule has 0 unspecified atom stereocenters. The van der Waals surface area contributed by atoms with Crippen molar-refractivity contribution in [3.8, 4) is 5.75 Å². The molecule has 1 saturated heterocycles. The van der Waals surface area contributed by atoms with Crippen LogP contribution in [0.3, 0.4) is 0 Å². The number of H-pyrrole nitrogens is 1. The summed E-state index contributed by atoms with van der Waals surface area (Å²) in [5, 5.41) is 0.944. The first-order valence-electron chi connectivity index (χ1n) is 11.5. The Bertz CT molecular complexity index is 1290. The number of benzene rings is 2. The number of nitrogens with one attached hydrogen (secondary N) is 1. The highest BCUT2D eigenvalue weighted by atomic mass is 16.5. The lowest BCUT2D eigenvalue weighted by atomic mass is 9.71. The molecule has 33 heavy (non-hydrogen) atoms. The molecule has 2 aromatic carbocycles. The van der Waals surface area contributed by atoms with E-state index >= 15 is 0 Å². The van der Waals surface area contributed by atoms with Gasteiger partial charge in [-0.2, -0.15) is 0 Å². The van der Waals surface area contributed by atoms with Crippen LogP contribution < -0.4 is 4.74 Å². The molecule has 0 saturated carbocycles. The molecule has 170 valence electrons. The van der Waals surface area contributed by atoms with Crippen LogP contribution in [0.15, 0.2) is 41.4 Å². The van der Waals surface area contributed by atoms with Crippen molar-refractivity contribution in [3.63, 3.8) is 0 Å². The fourth-order valence-corrected chi connectivity index (χ4v) is 5.21. The molecule has 6 nitrogen and oxygen atoms in total. The number of rotatable bonds is 3. The average Bonchev–Trinajstić information content (AvgIpc) is 3.18. The van der Waals surface area contributed by atoms with Gasteiger partial charge in [-0.05, 0) is 35.4 Å². The molecule has 0 radical (unpaired) electrons. The summed E-state index contributed by atoms with van der Waals surface area (Å²) < 4.78 is 6.29. The number of carbonyl (C=O) groups is 2. The van der Waals surface area contributed by atoms with Crippen molar-refractivity contribution in [2.45, 2.75) is 45.1 Å². The van der Waals surface area contributed by atoms with Crippen LogP contribution in [-0.2, 0) is 10.2 Å². The second kappa shape index (κ2) is 7.87. The van der Waals surface area contributed by atoms with Crippen LogP contribution in [0.4, 0.5) is 0 Å². The van der Waals surface area contributed by atoms with Gasteiger partial charge in [0.2, 0.25) is 5.91 Å². The lowest BCUT2D eigenvalue weighted by Crippen LogP contribution is -2.40. The van der Waals surface area contributed by atoms with E-state index in [-0.39, 0.29) is 23.2 Å². The molecule has 2 aliphatic rings. The van der Waals surface area contributed by atoms with Gasteiger partial charge in [0.25, 0.3) is 0 Å². The Morgan fingerprint density at radius 1 is 1.18 bits per heavy atom. The number of hydrogen-bond donors (Lipinski definition) is 1. The summed E-state index contributed by atoms with van der Waals surface area (Å²) in [7, 11) is 1.75. The highest BCUT2D eigenvalue weighted by Gasteiger charge is 2.40. The summed E-state index contributed by atoms with van der Waals surface area (Å²) in [5.74, 6) is 0.937. The normalized spacial score (nSPS) is 17.9. The summed E-state index contributed by atoms with van der Waals surface area (Å²) in [6, 6.07) is 11.9. The maximum atomic E-state index is 13.6. The SMILES string of the molecule is CN=Cc1ccc2c3c([nH]c2c1)C(C)(C)c1cc(OC2CCN(C(C)=O)CC2)ccc1C3=O. The van der Waals surface area contributed by atoms with E-state index in [2.05, 4.69) is 23.8 Å². The predicted molar refractivity (Wildman–Crippen MR) is 130 cm³/mol. The van der Waals surface area contributed by atoms with Gasteiger partial charge in [0.05, 0.1) is 5.56 Å². The smallest absolute Gasteiger partial charge is 0.219 e. The number of piperidine rings is 1. The standard InChI is InChI=1S/C27H29N3O3/c1-16(31)30-11-9-18(10-12-30)33-19-6-8-20-22(14-19)27(2,3)26-24(25(20)32)21-7-5-17(15-28-4)13-23(21)29-26/h5-8,13-15,18,29H,9-12H2,1-4H3. The highest BCUT2D eigenvalue weighted by molar-refractivity contribution is 6.20. The number of likely N-dealkylation sites (tertiary alicyclic amines) is 1. The molecule has 1 aliphatic carbocycles. The van der Waals surface area contributed by atoms with E-state index in [4.69, 9.17) is 4.74 Å². The van der Waals surface area contributed by atoms with E-state index in [1.807, 2.05) is 47.5 Å². The Morgan fingerprint density at radius 3 is 2.64 bits per heavy atom. The maximum Gasteiger partial charge on any atom is 0.219 e. The number of aromatic amines is 1. The minimum atomic E-state index is -0.381. The second-order valence-electron chi connectivity index (χ2n) is 9.55. The van der Waals surface area contributed by atoms with Crippen molar-refractivity contribution in [2.24, 2.45) is 4.99 Å². The molecule has 1 aliphatic heterocycles. The molecule has 1 aromatic heterocycles. The Labute approximate surface area is 193 Å². The minimum Gasteiger partial charge on any atom is -0.490 e. The third-order valence-corrected chi connectivity index (χ3v) is 7.05. The first-order valence-corrected chi connectivity index (χ1v) is 11.5. The van der Waals surface area contributed by atoms with E-state index < -0.39 is 0 Å². The van der Waals surface area contributed by atoms with Crippen molar-refractivity contribution in [3.05, 3.63) is 64.3 Å². The van der Waals surface area contributed by atoms with E-state index in [0.29, 0.717) is 0 Å². The van der Waals surface area contributed by atoms with E-state index in [1.54, 1.807) is 14.0 Å². The van der Waals surface area contributed by atoms with Gasteiger partial charge in [-0.15, -0.1) is 0 Å². The van der Waals surface area contributed by atoms with Gasteiger partial charge in [-0.1, -0.05) is 26.0 Å². The van der Waals surface area contributed by atoms with E-state index in [9.17, 15) is 9.59 Å². The van der Waals surface area contributed by atoms with Crippen LogP contribution in [0, 0.1) is 0 Å². The minimum absolute atomic E-state index is 0.0452. The zero-order valence-corrected chi connectivity index (χ0v) is 19.6. The molecule has 0 bridgehead atoms. The Kier molecular flexibility index (Phi) is 5.11. The quantitative estimate of drug-likeness (QED) is 0.607. The van der Waals surface area contributed by atoms with Crippen molar-refractivity contribution in [1.29, 1.82) is 0 Å². The molecule has 1 fully saturated rings. The number of ether oxygens (including phenoxy) is 1. The first kappa shape index (κ1) is 21.4. The maximum absolute atomic E-state index is 13.6. The van der Waals surface area contributed by atoms with Crippen LogP contribution >= 0.6 is 0 Å². The van der Waals surface area contributed by atoms with Gasteiger partial charge in [-0.25, -0.2) is 0 Å². The predicted octanol–water partition coefficient (Wildman–Crippen LogP) is 4.48. The molecule has 3 aromatic rings. The summed E-state index contributed by atoms with van der Waals surface area (Å²) in [6.45, 7) is 7.35. The summed E-state index contributed by atoms with van der Waals surface area (Å²) >= 11 is 0. The molecule has 6 heteroatoms. The molecular weight excluding hydrogens is 414 g/mol. The molecule has 2 heterocycles. The van der Waals surface area contributed by atoms with Gasteiger partial charge in [0, 0.05) is 73.7 Å². The number of aromatic nitrogens is 1. The monoisotopic (exact) mass is 443 g/mol. The fraction of sp³-hybridized carbons (Fsp3) is 0.370. The zero-order chi connectivity index (χ0) is 23.3. The summed E-state index contributed by atoms with van der Waals surface area (Å²) in [6.07, 6.45) is 3.51. The van der Waals surface area contributed by atoms with Gasteiger partial charge in [-0.3, -0.25) is 14.6 Å². The van der Waals surface area contributed by atoms with Gasteiger partial charge >= 0.3 is 0 Å². The Hall–Kier alpha value is -3.41. The molecular formula is C27H29N3O3. The molecule has 1 N–H and O–H groups in total. The average molecular weight is 444 g/mol. The topological polar surface area (TPSA) is 74.8 Å². The summed E-state index contributed by atoms with van der Waals surface area (Å²) in [4.78, 5) is 34.6. The van der Waals surface area contributed by atoms with Crippen molar-refractivity contribution in [1.82, 2.24) is 9.88 Å². The largest absolute Gasteiger partial charge is 0.490 e.